The topological polar surface area (TPSA) is 128 Å². The molecule has 2 aromatic rings. The lowest BCUT2D eigenvalue weighted by atomic mass is 10.2. The van der Waals surface area contributed by atoms with Crippen LogP contribution in [0.5, 0.6) is 17.2 Å². The molecular formula is C17H16N2O7. The van der Waals surface area contributed by atoms with Crippen molar-refractivity contribution in [1.29, 1.82) is 0 Å². The molecule has 0 aliphatic carbocycles. The van der Waals surface area contributed by atoms with Crippen molar-refractivity contribution < 1.29 is 29.1 Å². The molecule has 0 heterocycles. The number of phenols is 1. The zero-order valence-electron chi connectivity index (χ0n) is 13.8. The molecule has 0 saturated heterocycles. The van der Waals surface area contributed by atoms with Crippen LogP contribution in [0.1, 0.15) is 17.3 Å². The Hall–Kier alpha value is -3.62. The van der Waals surface area contributed by atoms with Gasteiger partial charge in [0.2, 0.25) is 0 Å². The molecule has 26 heavy (non-hydrogen) atoms. The lowest BCUT2D eigenvalue weighted by Gasteiger charge is -2.12. The second-order valence-corrected chi connectivity index (χ2v) is 5.05. The van der Waals surface area contributed by atoms with Crippen molar-refractivity contribution in [3.63, 3.8) is 0 Å². The van der Waals surface area contributed by atoms with Crippen LogP contribution in [0.25, 0.3) is 0 Å². The van der Waals surface area contributed by atoms with Gasteiger partial charge in [-0.3, -0.25) is 19.7 Å². The number of nitro benzene ring substituents is 1. The first-order chi connectivity index (χ1) is 12.4. The maximum Gasteiger partial charge on any atom is 0.273 e. The van der Waals surface area contributed by atoms with Crippen LogP contribution in [-0.2, 0) is 4.79 Å². The minimum absolute atomic E-state index is 0.0190. The first-order valence-corrected chi connectivity index (χ1v) is 7.56. The molecule has 9 nitrogen and oxygen atoms in total. The van der Waals surface area contributed by atoms with E-state index in [0.717, 1.165) is 12.1 Å². The number of carbonyl (C=O) groups excluding carboxylic acids is 2. The minimum atomic E-state index is -0.660. The Balaban J connectivity index is 2.03. The summed E-state index contributed by atoms with van der Waals surface area (Å²) in [6, 6.07) is 7.82. The third kappa shape index (κ3) is 4.69. The largest absolute Gasteiger partial charge is 0.506 e. The fraction of sp³-hybridized carbons (Fsp3) is 0.176. The number of hydrogen-bond donors (Lipinski definition) is 2. The molecule has 9 heteroatoms. The third-order valence-electron chi connectivity index (χ3n) is 3.23. The average Bonchev–Trinajstić information content (AvgIpc) is 2.62. The number of anilines is 1. The Morgan fingerprint density at radius 1 is 1.23 bits per heavy atom. The van der Waals surface area contributed by atoms with Gasteiger partial charge in [0, 0.05) is 11.6 Å². The predicted octanol–water partition coefficient (Wildman–Crippen LogP) is 2.53. The monoisotopic (exact) mass is 360 g/mol. The minimum Gasteiger partial charge on any atom is -0.506 e. The number of aromatic hydroxyl groups is 1. The number of benzene rings is 2. The van der Waals surface area contributed by atoms with Gasteiger partial charge in [-0.2, -0.15) is 0 Å². The smallest absolute Gasteiger partial charge is 0.273 e. The number of aldehydes is 1. The second-order valence-electron chi connectivity index (χ2n) is 5.05. The van der Waals surface area contributed by atoms with E-state index in [-0.39, 0.29) is 17.1 Å². The molecule has 0 aromatic heterocycles. The van der Waals surface area contributed by atoms with Crippen LogP contribution >= 0.6 is 0 Å². The second kappa shape index (κ2) is 8.47. The molecular weight excluding hydrogens is 344 g/mol. The van der Waals surface area contributed by atoms with Gasteiger partial charge in [-0.05, 0) is 31.2 Å². The molecule has 0 unspecified atom stereocenters. The highest BCUT2D eigenvalue weighted by Crippen LogP contribution is 2.29. The van der Waals surface area contributed by atoms with Crippen molar-refractivity contribution in [1.82, 2.24) is 0 Å². The van der Waals surface area contributed by atoms with E-state index in [0.29, 0.717) is 24.2 Å². The summed E-state index contributed by atoms with van der Waals surface area (Å²) in [6.07, 6.45) is 0.663. The molecule has 1 amide bonds. The molecule has 2 aromatic carbocycles. The fourth-order valence-electron chi connectivity index (χ4n) is 2.05. The standard InChI is InChI=1S/C17H16N2O7/c1-2-25-16-7-11(9-20)3-6-15(16)26-10-17(22)18-13-5-4-12(19(23)24)8-14(13)21/h3-9,21H,2,10H2,1H3,(H,18,22). The van der Waals surface area contributed by atoms with Crippen molar-refractivity contribution in [2.75, 3.05) is 18.5 Å². The van der Waals surface area contributed by atoms with Gasteiger partial charge in [-0.25, -0.2) is 0 Å². The number of nitrogens with zero attached hydrogens (tertiary/aromatic N) is 1. The average molecular weight is 360 g/mol. The van der Waals surface area contributed by atoms with Gasteiger partial charge in [-0.1, -0.05) is 0 Å². The number of ether oxygens (including phenoxy) is 2. The van der Waals surface area contributed by atoms with Crippen molar-refractivity contribution in [2.24, 2.45) is 0 Å². The molecule has 0 fully saturated rings. The van der Waals surface area contributed by atoms with E-state index in [1.54, 1.807) is 6.92 Å². The van der Waals surface area contributed by atoms with Crippen LogP contribution in [0.3, 0.4) is 0 Å². The number of hydrogen-bond acceptors (Lipinski definition) is 7. The Morgan fingerprint density at radius 2 is 2.00 bits per heavy atom. The zero-order valence-corrected chi connectivity index (χ0v) is 13.8. The summed E-state index contributed by atoms with van der Waals surface area (Å²) in [5, 5.41) is 22.8. The van der Waals surface area contributed by atoms with Gasteiger partial charge in [0.05, 0.1) is 23.3 Å². The number of non-ortho nitro benzene ring substituents is 1. The maximum absolute atomic E-state index is 12.0. The van der Waals surface area contributed by atoms with Crippen LogP contribution < -0.4 is 14.8 Å². The predicted molar refractivity (Wildman–Crippen MR) is 91.9 cm³/mol. The number of phenolic OH excluding ortho intramolecular Hbond substituents is 1. The van der Waals surface area contributed by atoms with Crippen LogP contribution in [-0.4, -0.2) is 35.4 Å². The summed E-state index contributed by atoms with van der Waals surface area (Å²) in [4.78, 5) is 32.8. The lowest BCUT2D eigenvalue weighted by Crippen LogP contribution is -2.20. The molecule has 2 N–H and O–H groups in total. The number of nitro groups is 1. The molecule has 0 atom stereocenters. The van der Waals surface area contributed by atoms with Gasteiger partial charge >= 0.3 is 0 Å². The Morgan fingerprint density at radius 3 is 2.62 bits per heavy atom. The van der Waals surface area contributed by atoms with E-state index in [4.69, 9.17) is 9.47 Å². The van der Waals surface area contributed by atoms with Crippen molar-refractivity contribution in [2.45, 2.75) is 6.92 Å². The fourth-order valence-corrected chi connectivity index (χ4v) is 2.05. The van der Waals surface area contributed by atoms with Gasteiger partial charge in [-0.15, -0.1) is 0 Å². The molecule has 2 rings (SSSR count). The molecule has 0 aliphatic rings. The van der Waals surface area contributed by atoms with Crippen LogP contribution in [0.4, 0.5) is 11.4 Å². The Labute approximate surface area is 148 Å². The third-order valence-corrected chi connectivity index (χ3v) is 3.23. The lowest BCUT2D eigenvalue weighted by molar-refractivity contribution is -0.384. The van der Waals surface area contributed by atoms with Crippen molar-refractivity contribution in [3.8, 4) is 17.2 Å². The highest BCUT2D eigenvalue weighted by atomic mass is 16.6. The van der Waals surface area contributed by atoms with Crippen molar-refractivity contribution in [3.05, 3.63) is 52.1 Å². The first kappa shape index (κ1) is 18.7. The molecule has 0 aliphatic heterocycles. The van der Waals surface area contributed by atoms with Gasteiger partial charge in [0.1, 0.15) is 12.0 Å². The van der Waals surface area contributed by atoms with Crippen molar-refractivity contribution >= 4 is 23.6 Å². The summed E-state index contributed by atoms with van der Waals surface area (Å²) in [5.74, 6) is -0.419. The molecule has 0 saturated carbocycles. The van der Waals surface area contributed by atoms with E-state index in [9.17, 15) is 24.8 Å². The summed E-state index contributed by atoms with van der Waals surface area (Å²) in [6.45, 7) is 1.72. The SMILES string of the molecule is CCOc1cc(C=O)ccc1OCC(=O)Nc1ccc([N+](=O)[O-])cc1O. The number of rotatable bonds is 8. The molecule has 136 valence electrons. The van der Waals surface area contributed by atoms with Crippen LogP contribution in [0.15, 0.2) is 36.4 Å². The summed E-state index contributed by atoms with van der Waals surface area (Å²) >= 11 is 0. The summed E-state index contributed by atoms with van der Waals surface area (Å²) in [5.41, 5.74) is 0.125. The number of carbonyl (C=O) groups is 2. The highest BCUT2D eigenvalue weighted by Gasteiger charge is 2.13. The summed E-state index contributed by atoms with van der Waals surface area (Å²) < 4.78 is 10.7. The molecule has 0 bridgehead atoms. The van der Waals surface area contributed by atoms with Gasteiger partial charge < -0.3 is 19.9 Å². The van der Waals surface area contributed by atoms with Crippen LogP contribution in [0.2, 0.25) is 0 Å². The Bertz CT molecular complexity index is 836. The normalized spacial score (nSPS) is 10.0. The van der Waals surface area contributed by atoms with Gasteiger partial charge in [0.15, 0.2) is 18.1 Å². The highest BCUT2D eigenvalue weighted by molar-refractivity contribution is 5.93. The van der Waals surface area contributed by atoms with E-state index in [1.807, 2.05) is 0 Å². The van der Waals surface area contributed by atoms with E-state index >= 15 is 0 Å². The van der Waals surface area contributed by atoms with Gasteiger partial charge in [0.25, 0.3) is 11.6 Å². The molecule has 0 spiro atoms. The van der Waals surface area contributed by atoms with E-state index < -0.39 is 23.2 Å². The van der Waals surface area contributed by atoms with E-state index in [2.05, 4.69) is 5.32 Å². The zero-order chi connectivity index (χ0) is 19.1. The maximum atomic E-state index is 12.0. The Kier molecular flexibility index (Phi) is 6.10. The number of nitrogens with one attached hydrogen (secondary N) is 1. The number of amides is 1. The molecule has 0 radical (unpaired) electrons. The summed E-state index contributed by atoms with van der Waals surface area (Å²) in [7, 11) is 0. The van der Waals surface area contributed by atoms with Crippen LogP contribution in [0, 0.1) is 10.1 Å². The quantitative estimate of drug-likeness (QED) is 0.320. The first-order valence-electron chi connectivity index (χ1n) is 7.56. The van der Waals surface area contributed by atoms with E-state index in [1.165, 1.54) is 24.3 Å².